The lowest BCUT2D eigenvalue weighted by Crippen LogP contribution is -2.25. The normalized spacial score (nSPS) is 12.1. The third-order valence-corrected chi connectivity index (χ3v) is 5.37. The van der Waals surface area contributed by atoms with Crippen molar-refractivity contribution in [1.82, 2.24) is 4.98 Å². The summed E-state index contributed by atoms with van der Waals surface area (Å²) in [5, 5.41) is 0.963. The number of anilines is 1. The molecule has 3 aromatic rings. The van der Waals surface area contributed by atoms with Gasteiger partial charge in [0.2, 0.25) is 0 Å². The van der Waals surface area contributed by atoms with Crippen molar-refractivity contribution in [3.05, 3.63) is 54.6 Å². The zero-order chi connectivity index (χ0) is 22.1. The van der Waals surface area contributed by atoms with Gasteiger partial charge in [0, 0.05) is 36.3 Å². The fourth-order valence-electron chi connectivity index (χ4n) is 3.53. The maximum Gasteiger partial charge on any atom is 0.150 e. The molecule has 0 aliphatic rings. The van der Waals surface area contributed by atoms with Gasteiger partial charge in [-0.1, -0.05) is 31.5 Å². The zero-order valence-corrected chi connectivity index (χ0v) is 18.8. The molecule has 3 rings (SSSR count). The average Bonchev–Trinajstić information content (AvgIpc) is 2.82. The fourth-order valence-corrected chi connectivity index (χ4v) is 3.53. The number of hydrogen-bond donors (Lipinski definition) is 0. The highest BCUT2D eigenvalue weighted by Crippen LogP contribution is 2.26. The Balaban J connectivity index is 1.71. The summed E-state index contributed by atoms with van der Waals surface area (Å²) < 4.78 is 24.6. The van der Waals surface area contributed by atoms with Gasteiger partial charge in [-0.25, -0.2) is 9.37 Å². The lowest BCUT2D eigenvalue weighted by atomic mass is 10.1. The average molecular weight is 425 g/mol. The van der Waals surface area contributed by atoms with Crippen LogP contribution in [-0.4, -0.2) is 44.1 Å². The third-order valence-electron chi connectivity index (χ3n) is 5.37. The standard InChI is InChI=1S/C26H33FN2O2/c1-4-7-16-30-19-24(18-27)31-23-13-15-26-21(17-23)10-14-25(28-26)20-8-11-22(12-9-20)29(5-2)6-3/h8-15,17,24H,4-7,16,18-19H2,1-3H3. The molecule has 5 heteroatoms. The summed E-state index contributed by atoms with van der Waals surface area (Å²) in [6, 6.07) is 18.2. The Morgan fingerprint density at radius 1 is 0.968 bits per heavy atom. The second kappa shape index (κ2) is 11.7. The van der Waals surface area contributed by atoms with E-state index in [9.17, 15) is 4.39 Å². The van der Waals surface area contributed by atoms with E-state index in [0.29, 0.717) is 12.4 Å². The molecule has 0 amide bonds. The molecule has 1 unspecified atom stereocenters. The lowest BCUT2D eigenvalue weighted by molar-refractivity contribution is 0.0367. The van der Waals surface area contributed by atoms with E-state index in [1.54, 1.807) is 0 Å². The highest BCUT2D eigenvalue weighted by molar-refractivity contribution is 5.83. The summed E-state index contributed by atoms with van der Waals surface area (Å²) in [6.07, 6.45) is 1.44. The molecule has 0 fully saturated rings. The van der Waals surface area contributed by atoms with Crippen LogP contribution < -0.4 is 9.64 Å². The van der Waals surface area contributed by atoms with Crippen molar-refractivity contribution in [3.63, 3.8) is 0 Å². The Kier molecular flexibility index (Phi) is 8.65. The molecule has 31 heavy (non-hydrogen) atoms. The van der Waals surface area contributed by atoms with Gasteiger partial charge < -0.3 is 14.4 Å². The Morgan fingerprint density at radius 2 is 1.74 bits per heavy atom. The zero-order valence-electron chi connectivity index (χ0n) is 18.8. The highest BCUT2D eigenvalue weighted by atomic mass is 19.1. The number of nitrogens with zero attached hydrogens (tertiary/aromatic N) is 2. The first-order valence-electron chi connectivity index (χ1n) is 11.2. The molecule has 166 valence electrons. The van der Waals surface area contributed by atoms with E-state index in [1.807, 2.05) is 30.3 Å². The quantitative estimate of drug-likeness (QED) is 0.320. The van der Waals surface area contributed by atoms with Gasteiger partial charge in [-0.2, -0.15) is 0 Å². The van der Waals surface area contributed by atoms with Crippen LogP contribution in [0, 0.1) is 0 Å². The van der Waals surface area contributed by atoms with Crippen LogP contribution in [0.1, 0.15) is 33.6 Å². The highest BCUT2D eigenvalue weighted by Gasteiger charge is 2.12. The summed E-state index contributed by atoms with van der Waals surface area (Å²) in [7, 11) is 0. The minimum Gasteiger partial charge on any atom is -0.485 e. The van der Waals surface area contributed by atoms with Gasteiger partial charge in [0.15, 0.2) is 6.10 Å². The first-order valence-corrected chi connectivity index (χ1v) is 11.2. The van der Waals surface area contributed by atoms with Crippen LogP contribution in [0.15, 0.2) is 54.6 Å². The fraction of sp³-hybridized carbons (Fsp3) is 0.423. The number of pyridine rings is 1. The number of hydrogen-bond acceptors (Lipinski definition) is 4. The maximum absolute atomic E-state index is 13.3. The molecule has 1 aromatic heterocycles. The lowest BCUT2D eigenvalue weighted by Gasteiger charge is -2.21. The van der Waals surface area contributed by atoms with Crippen molar-refractivity contribution in [3.8, 4) is 17.0 Å². The number of benzene rings is 2. The van der Waals surface area contributed by atoms with Crippen molar-refractivity contribution in [2.24, 2.45) is 0 Å². The molecule has 1 heterocycles. The van der Waals surface area contributed by atoms with E-state index in [2.05, 4.69) is 49.9 Å². The number of rotatable bonds is 12. The minimum absolute atomic E-state index is 0.259. The molecule has 0 saturated heterocycles. The van der Waals surface area contributed by atoms with Crippen molar-refractivity contribution in [1.29, 1.82) is 0 Å². The van der Waals surface area contributed by atoms with Gasteiger partial charge in [-0.15, -0.1) is 0 Å². The molecule has 4 nitrogen and oxygen atoms in total. The topological polar surface area (TPSA) is 34.6 Å². The summed E-state index contributed by atoms with van der Waals surface area (Å²) in [5.74, 6) is 0.632. The van der Waals surface area contributed by atoms with Crippen LogP contribution >= 0.6 is 0 Å². The Hall–Kier alpha value is -2.66. The molecule has 0 spiro atoms. The van der Waals surface area contributed by atoms with E-state index < -0.39 is 12.8 Å². The van der Waals surface area contributed by atoms with E-state index in [0.717, 1.165) is 48.1 Å². The van der Waals surface area contributed by atoms with E-state index in [-0.39, 0.29) is 6.61 Å². The molecule has 0 aliphatic heterocycles. The van der Waals surface area contributed by atoms with Crippen molar-refractivity contribution < 1.29 is 13.9 Å². The van der Waals surface area contributed by atoms with E-state index in [1.165, 1.54) is 5.69 Å². The second-order valence-electron chi connectivity index (χ2n) is 7.59. The summed E-state index contributed by atoms with van der Waals surface area (Å²) in [6.45, 7) is 8.72. The van der Waals surface area contributed by atoms with Gasteiger partial charge in [0.05, 0.1) is 17.8 Å². The minimum atomic E-state index is -0.592. The Morgan fingerprint density at radius 3 is 2.42 bits per heavy atom. The molecule has 0 radical (unpaired) electrons. The molecule has 1 atom stereocenters. The molecule has 0 saturated carbocycles. The molecule has 0 bridgehead atoms. The Bertz CT molecular complexity index is 942. The van der Waals surface area contributed by atoms with Crippen molar-refractivity contribution in [2.45, 2.75) is 39.7 Å². The van der Waals surface area contributed by atoms with Crippen LogP contribution in [0.5, 0.6) is 5.75 Å². The molecular weight excluding hydrogens is 391 g/mol. The van der Waals surface area contributed by atoms with Gasteiger partial charge >= 0.3 is 0 Å². The predicted octanol–water partition coefficient (Wildman–Crippen LogP) is 6.28. The van der Waals surface area contributed by atoms with Crippen molar-refractivity contribution >= 4 is 16.6 Å². The predicted molar refractivity (Wildman–Crippen MR) is 127 cm³/mol. The molecular formula is C26H33FN2O2. The summed E-state index contributed by atoms with van der Waals surface area (Å²) >= 11 is 0. The van der Waals surface area contributed by atoms with Crippen LogP contribution in [0.4, 0.5) is 10.1 Å². The smallest absolute Gasteiger partial charge is 0.150 e. The van der Waals surface area contributed by atoms with Gasteiger partial charge in [-0.05, 0) is 56.7 Å². The van der Waals surface area contributed by atoms with E-state index in [4.69, 9.17) is 14.5 Å². The second-order valence-corrected chi connectivity index (χ2v) is 7.59. The Labute approximate surface area is 185 Å². The molecule has 0 aliphatic carbocycles. The maximum atomic E-state index is 13.3. The van der Waals surface area contributed by atoms with E-state index >= 15 is 0 Å². The summed E-state index contributed by atoms with van der Waals surface area (Å²) in [5.41, 5.74) is 4.11. The number of unbranched alkanes of at least 4 members (excludes halogenated alkanes) is 1. The molecule has 0 N–H and O–H groups in total. The van der Waals surface area contributed by atoms with Crippen molar-refractivity contribution in [2.75, 3.05) is 37.9 Å². The van der Waals surface area contributed by atoms with Gasteiger partial charge in [-0.3, -0.25) is 0 Å². The number of alkyl halides is 1. The first kappa shape index (κ1) is 23.0. The van der Waals surface area contributed by atoms with Gasteiger partial charge in [0.1, 0.15) is 12.4 Å². The number of aromatic nitrogens is 1. The number of ether oxygens (including phenoxy) is 2. The van der Waals surface area contributed by atoms with Crippen LogP contribution in [-0.2, 0) is 4.74 Å². The third kappa shape index (κ3) is 6.17. The van der Waals surface area contributed by atoms with Crippen LogP contribution in [0.3, 0.4) is 0 Å². The van der Waals surface area contributed by atoms with Crippen LogP contribution in [0.25, 0.3) is 22.2 Å². The van der Waals surface area contributed by atoms with Crippen LogP contribution in [0.2, 0.25) is 0 Å². The molecule has 2 aromatic carbocycles. The van der Waals surface area contributed by atoms with Gasteiger partial charge in [0.25, 0.3) is 0 Å². The SMILES string of the molecule is CCCCOCC(CF)Oc1ccc2nc(-c3ccc(N(CC)CC)cc3)ccc2c1. The first-order chi connectivity index (χ1) is 15.2. The largest absolute Gasteiger partial charge is 0.485 e. The number of fused-ring (bicyclic) bond motifs is 1. The monoisotopic (exact) mass is 424 g/mol. The number of halogens is 1. The summed E-state index contributed by atoms with van der Waals surface area (Å²) in [4.78, 5) is 7.12.